The largest absolute Gasteiger partial charge is 0.573 e. The number of hydrogen-bond donors (Lipinski definition) is 0. The van der Waals surface area contributed by atoms with Crippen molar-refractivity contribution in [2.24, 2.45) is 14.1 Å². The zero-order valence-electron chi connectivity index (χ0n) is 19.0. The molecule has 0 spiro atoms. The van der Waals surface area contributed by atoms with Crippen LogP contribution in [0, 0.1) is 0 Å². The van der Waals surface area contributed by atoms with Gasteiger partial charge < -0.3 is 14.2 Å². The Hall–Kier alpha value is -4.06. The Morgan fingerprint density at radius 3 is 2.26 bits per heavy atom. The number of fused-ring (bicyclic) bond motifs is 1. The van der Waals surface area contributed by atoms with E-state index in [2.05, 4.69) is 9.72 Å². The number of alkyl halides is 3. The van der Waals surface area contributed by atoms with Crippen molar-refractivity contribution < 1.29 is 27.4 Å². The fraction of sp³-hybridized carbons (Fsp3) is 0.261. The van der Waals surface area contributed by atoms with E-state index in [9.17, 15) is 22.8 Å². The van der Waals surface area contributed by atoms with Crippen LogP contribution in [-0.2, 0) is 32.0 Å². The predicted octanol–water partition coefficient (Wildman–Crippen LogP) is 3.32. The van der Waals surface area contributed by atoms with Crippen molar-refractivity contribution >= 4 is 11.2 Å². The number of aromatic nitrogens is 4. The number of rotatable bonds is 7. The zero-order chi connectivity index (χ0) is 25.3. The highest BCUT2D eigenvalue weighted by molar-refractivity contribution is 5.72. The number of nitrogens with zero attached hydrogens (tertiary/aromatic N) is 4. The van der Waals surface area contributed by atoms with Crippen molar-refractivity contribution in [3.63, 3.8) is 0 Å². The van der Waals surface area contributed by atoms with Crippen molar-refractivity contribution in [1.29, 1.82) is 0 Å². The predicted molar refractivity (Wildman–Crippen MR) is 120 cm³/mol. The molecule has 4 rings (SSSR count). The van der Waals surface area contributed by atoms with Crippen LogP contribution in [0.2, 0.25) is 0 Å². The molecule has 0 aliphatic rings. The molecule has 2 aromatic carbocycles. The van der Waals surface area contributed by atoms with Gasteiger partial charge in [0.15, 0.2) is 11.2 Å². The number of methoxy groups -OCH3 is 1. The lowest BCUT2D eigenvalue weighted by Gasteiger charge is -2.12. The van der Waals surface area contributed by atoms with Gasteiger partial charge in [-0.1, -0.05) is 30.3 Å². The number of benzene rings is 2. The van der Waals surface area contributed by atoms with Gasteiger partial charge in [0.05, 0.1) is 13.2 Å². The van der Waals surface area contributed by atoms with Crippen molar-refractivity contribution in [2.75, 3.05) is 7.11 Å². The van der Waals surface area contributed by atoms with Gasteiger partial charge in [-0.2, -0.15) is 4.98 Å². The van der Waals surface area contributed by atoms with Crippen LogP contribution >= 0.6 is 0 Å². The molecule has 0 aliphatic carbocycles. The maximum Gasteiger partial charge on any atom is 0.573 e. The molecule has 0 N–H and O–H groups in total. The summed E-state index contributed by atoms with van der Waals surface area (Å²) in [5.74, 6) is -0.477. The number of hydrogen-bond acceptors (Lipinski definition) is 6. The molecule has 9 nitrogen and oxygen atoms in total. The Labute approximate surface area is 196 Å². The third-order valence-corrected chi connectivity index (χ3v) is 5.24. The Balaban J connectivity index is 1.81. The molecule has 2 aromatic heterocycles. The van der Waals surface area contributed by atoms with Gasteiger partial charge in [0.1, 0.15) is 11.5 Å². The van der Waals surface area contributed by atoms with Crippen LogP contribution in [0.1, 0.15) is 11.1 Å². The summed E-state index contributed by atoms with van der Waals surface area (Å²) in [5.41, 5.74) is 0.751. The lowest BCUT2D eigenvalue weighted by Crippen LogP contribution is -2.37. The molecule has 0 aliphatic heterocycles. The smallest absolute Gasteiger partial charge is 0.425 e. The number of aryl methyl sites for hydroxylation is 1. The lowest BCUT2D eigenvalue weighted by molar-refractivity contribution is -0.274. The normalized spacial score (nSPS) is 11.7. The van der Waals surface area contributed by atoms with Crippen molar-refractivity contribution in [3.05, 3.63) is 80.5 Å². The highest BCUT2D eigenvalue weighted by atomic mass is 19.4. The van der Waals surface area contributed by atoms with Crippen LogP contribution in [0.3, 0.4) is 0 Å². The summed E-state index contributed by atoms with van der Waals surface area (Å²) >= 11 is 0. The SMILES string of the molecule is COCc1ccc(Cn2c(Oc3cccc(OC(F)(F)F)c3)nc3c2c(=O)n(C)c(=O)n3C)cc1. The van der Waals surface area contributed by atoms with Gasteiger partial charge in [0, 0.05) is 27.3 Å². The number of halogens is 3. The maximum absolute atomic E-state index is 13.0. The maximum atomic E-state index is 13.0. The monoisotopic (exact) mass is 490 g/mol. The van der Waals surface area contributed by atoms with E-state index in [0.717, 1.165) is 27.8 Å². The van der Waals surface area contributed by atoms with Crippen LogP contribution < -0.4 is 20.7 Å². The van der Waals surface area contributed by atoms with E-state index < -0.39 is 23.4 Å². The molecule has 0 fully saturated rings. The summed E-state index contributed by atoms with van der Waals surface area (Å²) in [6.07, 6.45) is -4.87. The van der Waals surface area contributed by atoms with E-state index in [4.69, 9.17) is 9.47 Å². The second-order valence-corrected chi connectivity index (χ2v) is 7.73. The van der Waals surface area contributed by atoms with E-state index in [0.29, 0.717) is 6.61 Å². The van der Waals surface area contributed by atoms with Crippen LogP contribution in [0.4, 0.5) is 13.2 Å². The minimum absolute atomic E-state index is 0.000530. The van der Waals surface area contributed by atoms with Gasteiger partial charge in [-0.25, -0.2) is 4.79 Å². The summed E-state index contributed by atoms with van der Waals surface area (Å²) in [6, 6.07) is 12.3. The van der Waals surface area contributed by atoms with Crippen LogP contribution in [0.5, 0.6) is 17.5 Å². The summed E-state index contributed by atoms with van der Waals surface area (Å²) in [6.45, 7) is 0.576. The Morgan fingerprint density at radius 2 is 1.60 bits per heavy atom. The van der Waals surface area contributed by atoms with Gasteiger partial charge in [0.2, 0.25) is 0 Å². The van der Waals surface area contributed by atoms with Crippen molar-refractivity contribution in [1.82, 2.24) is 18.7 Å². The van der Waals surface area contributed by atoms with E-state index >= 15 is 0 Å². The van der Waals surface area contributed by atoms with Gasteiger partial charge in [-0.05, 0) is 23.3 Å². The molecule has 0 radical (unpaired) electrons. The first-order chi connectivity index (χ1) is 16.6. The van der Waals surface area contributed by atoms with Gasteiger partial charge in [-0.15, -0.1) is 13.2 Å². The molecule has 0 atom stereocenters. The highest BCUT2D eigenvalue weighted by Crippen LogP contribution is 2.30. The molecule has 0 saturated heterocycles. The van der Waals surface area contributed by atoms with Gasteiger partial charge in [-0.3, -0.25) is 18.5 Å². The first-order valence-corrected chi connectivity index (χ1v) is 10.3. The van der Waals surface area contributed by atoms with Crippen LogP contribution in [0.15, 0.2) is 58.1 Å². The molecular formula is C23H21F3N4O5. The van der Waals surface area contributed by atoms with E-state index in [-0.39, 0.29) is 29.5 Å². The number of ether oxygens (including phenoxy) is 3. The first-order valence-electron chi connectivity index (χ1n) is 10.3. The lowest BCUT2D eigenvalue weighted by atomic mass is 10.1. The molecule has 35 heavy (non-hydrogen) atoms. The molecule has 4 aromatic rings. The average Bonchev–Trinajstić information content (AvgIpc) is 3.14. The highest BCUT2D eigenvalue weighted by Gasteiger charge is 2.31. The minimum atomic E-state index is -4.87. The fourth-order valence-electron chi connectivity index (χ4n) is 3.58. The van der Waals surface area contributed by atoms with Crippen molar-refractivity contribution in [2.45, 2.75) is 19.5 Å². The quantitative estimate of drug-likeness (QED) is 0.395. The molecule has 0 bridgehead atoms. The fourth-order valence-corrected chi connectivity index (χ4v) is 3.58. The Kier molecular flexibility index (Phi) is 6.39. The molecule has 0 unspecified atom stereocenters. The third-order valence-electron chi connectivity index (χ3n) is 5.24. The molecular weight excluding hydrogens is 469 g/mol. The minimum Gasteiger partial charge on any atom is -0.425 e. The van der Waals surface area contributed by atoms with E-state index in [1.165, 1.54) is 35.4 Å². The molecule has 0 amide bonds. The second kappa shape index (κ2) is 9.29. The summed E-state index contributed by atoms with van der Waals surface area (Å²) in [5, 5.41) is 0. The van der Waals surface area contributed by atoms with Gasteiger partial charge in [0.25, 0.3) is 5.56 Å². The average molecular weight is 490 g/mol. The Morgan fingerprint density at radius 1 is 0.943 bits per heavy atom. The standard InChI is InChI=1S/C23H21F3N4O5/c1-28-19-18(20(31)29(2)22(28)32)30(12-14-7-9-15(10-8-14)13-33-3)21(27-19)34-16-5-4-6-17(11-16)35-23(24,25)26/h4-11H,12-13H2,1-3H3. The molecule has 184 valence electrons. The van der Waals surface area contributed by atoms with Crippen molar-refractivity contribution in [3.8, 4) is 17.5 Å². The topological polar surface area (TPSA) is 89.5 Å². The summed E-state index contributed by atoms with van der Waals surface area (Å²) < 4.78 is 56.4. The summed E-state index contributed by atoms with van der Waals surface area (Å²) in [7, 11) is 4.39. The van der Waals surface area contributed by atoms with Gasteiger partial charge >= 0.3 is 18.1 Å². The van der Waals surface area contributed by atoms with E-state index in [1.807, 2.05) is 24.3 Å². The first kappa shape index (κ1) is 24.1. The van der Waals surface area contributed by atoms with Crippen LogP contribution in [0.25, 0.3) is 11.2 Å². The summed E-state index contributed by atoms with van der Waals surface area (Å²) in [4.78, 5) is 29.7. The molecule has 0 saturated carbocycles. The third kappa shape index (κ3) is 5.06. The van der Waals surface area contributed by atoms with E-state index in [1.54, 1.807) is 7.11 Å². The Bertz CT molecular complexity index is 1490. The molecule has 12 heteroatoms. The number of imidazole rings is 1. The second-order valence-electron chi connectivity index (χ2n) is 7.73. The van der Waals surface area contributed by atoms with Crippen LogP contribution in [-0.4, -0.2) is 32.2 Å². The zero-order valence-corrected chi connectivity index (χ0v) is 19.0. The molecule has 2 heterocycles.